The van der Waals surface area contributed by atoms with Crippen LogP contribution in [0.3, 0.4) is 0 Å². The topological polar surface area (TPSA) is 99.5 Å². The van der Waals surface area contributed by atoms with Crippen molar-refractivity contribution in [1.82, 2.24) is 9.80 Å². The first-order valence-electron chi connectivity index (χ1n) is 14.2. The Balaban J connectivity index is 1.57. The average Bonchev–Trinajstić information content (AvgIpc) is 2.99. The van der Waals surface area contributed by atoms with Crippen LogP contribution in [0.4, 0.5) is 0 Å². The SMILES string of the molecule is CCN(CCOc1ccccc1C=Cc1ccc(C=Cc2ccccc2OCCN(CC)CC(=O)O)cc1)CC(=O)O. The second kappa shape index (κ2) is 17.4. The van der Waals surface area contributed by atoms with Gasteiger partial charge in [0, 0.05) is 24.2 Å². The summed E-state index contributed by atoms with van der Waals surface area (Å²) >= 11 is 0. The van der Waals surface area contributed by atoms with Crippen molar-refractivity contribution in [2.45, 2.75) is 13.8 Å². The summed E-state index contributed by atoms with van der Waals surface area (Å²) in [6, 6.07) is 23.8. The van der Waals surface area contributed by atoms with Crippen LogP contribution >= 0.6 is 0 Å². The highest BCUT2D eigenvalue weighted by molar-refractivity contribution is 5.75. The van der Waals surface area contributed by atoms with Gasteiger partial charge in [-0.05, 0) is 36.3 Å². The van der Waals surface area contributed by atoms with Crippen LogP contribution in [0.1, 0.15) is 36.1 Å². The summed E-state index contributed by atoms with van der Waals surface area (Å²) in [6.45, 7) is 7.06. The number of hydrogen-bond acceptors (Lipinski definition) is 6. The molecule has 0 saturated heterocycles. The number of carbonyl (C=O) groups is 2. The molecule has 0 bridgehead atoms. The highest BCUT2D eigenvalue weighted by Crippen LogP contribution is 2.23. The molecule has 0 heterocycles. The Morgan fingerprint density at radius 1 is 0.619 bits per heavy atom. The molecule has 0 aromatic heterocycles. The third kappa shape index (κ3) is 11.2. The van der Waals surface area contributed by atoms with Crippen molar-refractivity contribution in [2.24, 2.45) is 0 Å². The number of likely N-dealkylation sites (N-methyl/N-ethyl adjacent to an activating group) is 2. The molecule has 0 aliphatic heterocycles. The summed E-state index contributed by atoms with van der Waals surface area (Å²) < 4.78 is 11.9. The summed E-state index contributed by atoms with van der Waals surface area (Å²) in [5.41, 5.74) is 3.99. The van der Waals surface area contributed by atoms with E-state index in [-0.39, 0.29) is 13.1 Å². The van der Waals surface area contributed by atoms with Crippen molar-refractivity contribution in [3.8, 4) is 11.5 Å². The van der Waals surface area contributed by atoms with Crippen LogP contribution in [0.5, 0.6) is 11.5 Å². The van der Waals surface area contributed by atoms with Crippen LogP contribution in [0.15, 0.2) is 72.8 Å². The maximum absolute atomic E-state index is 11.0. The zero-order chi connectivity index (χ0) is 30.2. The molecule has 0 spiro atoms. The van der Waals surface area contributed by atoms with Gasteiger partial charge in [-0.2, -0.15) is 0 Å². The van der Waals surface area contributed by atoms with E-state index in [0.717, 1.165) is 33.8 Å². The second-order valence-electron chi connectivity index (χ2n) is 9.63. The molecule has 0 fully saturated rings. The van der Waals surface area contributed by atoms with Crippen molar-refractivity contribution in [3.05, 3.63) is 95.1 Å². The molecule has 0 saturated carbocycles. The number of rotatable bonds is 18. The fourth-order valence-corrected chi connectivity index (χ4v) is 4.24. The summed E-state index contributed by atoms with van der Waals surface area (Å²) in [7, 11) is 0. The summed E-state index contributed by atoms with van der Waals surface area (Å²) in [6.07, 6.45) is 8.09. The third-order valence-electron chi connectivity index (χ3n) is 6.63. The zero-order valence-electron chi connectivity index (χ0n) is 24.3. The second-order valence-corrected chi connectivity index (χ2v) is 9.63. The lowest BCUT2D eigenvalue weighted by atomic mass is 10.1. The molecule has 3 rings (SSSR count). The molecule has 0 radical (unpaired) electrons. The van der Waals surface area contributed by atoms with Crippen LogP contribution in [0.2, 0.25) is 0 Å². The van der Waals surface area contributed by atoms with E-state index in [4.69, 9.17) is 19.7 Å². The first-order chi connectivity index (χ1) is 20.4. The lowest BCUT2D eigenvalue weighted by Crippen LogP contribution is -2.33. The van der Waals surface area contributed by atoms with Crippen LogP contribution in [-0.2, 0) is 9.59 Å². The minimum absolute atomic E-state index is 0.000962. The molecule has 0 aliphatic carbocycles. The Bertz CT molecular complexity index is 1230. The quantitative estimate of drug-likeness (QED) is 0.190. The fraction of sp³-hybridized carbons (Fsp3) is 0.294. The molecule has 0 unspecified atom stereocenters. The molecule has 3 aromatic rings. The fourth-order valence-electron chi connectivity index (χ4n) is 4.24. The van der Waals surface area contributed by atoms with Crippen LogP contribution < -0.4 is 9.47 Å². The number of benzene rings is 3. The number of ether oxygens (including phenoxy) is 2. The van der Waals surface area contributed by atoms with Gasteiger partial charge in [-0.15, -0.1) is 0 Å². The normalized spacial score (nSPS) is 11.5. The molecule has 8 heteroatoms. The number of carboxylic acid groups (broad SMARTS) is 2. The number of nitrogens with zero attached hydrogens (tertiary/aromatic N) is 2. The first kappa shape index (κ1) is 32.1. The smallest absolute Gasteiger partial charge is 0.317 e. The summed E-state index contributed by atoms with van der Waals surface area (Å²) in [5, 5.41) is 18.0. The Labute approximate surface area is 248 Å². The Morgan fingerprint density at radius 2 is 1.00 bits per heavy atom. The van der Waals surface area contributed by atoms with Crippen LogP contribution in [-0.4, -0.2) is 84.4 Å². The van der Waals surface area contributed by atoms with Crippen molar-refractivity contribution in [3.63, 3.8) is 0 Å². The van der Waals surface area contributed by atoms with Crippen molar-refractivity contribution in [2.75, 3.05) is 52.5 Å². The van der Waals surface area contributed by atoms with E-state index in [0.29, 0.717) is 39.4 Å². The van der Waals surface area contributed by atoms with Crippen molar-refractivity contribution >= 4 is 36.2 Å². The molecule has 3 aromatic carbocycles. The lowest BCUT2D eigenvalue weighted by Gasteiger charge is -2.18. The maximum atomic E-state index is 11.0. The number of para-hydroxylation sites is 2. The molecule has 0 amide bonds. The Hall–Kier alpha value is -4.40. The van der Waals surface area contributed by atoms with Gasteiger partial charge in [-0.25, -0.2) is 0 Å². The number of carboxylic acids is 2. The van der Waals surface area contributed by atoms with Gasteiger partial charge in [-0.3, -0.25) is 19.4 Å². The Kier molecular flexibility index (Phi) is 13.3. The number of aliphatic carboxylic acids is 2. The first-order valence-corrected chi connectivity index (χ1v) is 14.2. The van der Waals surface area contributed by atoms with E-state index < -0.39 is 11.9 Å². The minimum Gasteiger partial charge on any atom is -0.492 e. The van der Waals surface area contributed by atoms with E-state index in [9.17, 15) is 9.59 Å². The van der Waals surface area contributed by atoms with E-state index in [1.807, 2.05) is 96.5 Å². The standard InChI is InChI=1S/C34H40N2O6/c1-3-35(25-33(37)38)21-23-41-31-11-7-5-9-29(31)19-17-27-13-15-28(16-14-27)18-20-30-10-6-8-12-32(30)42-24-22-36(4-2)26-34(39)40/h5-20H,3-4,21-26H2,1-2H3,(H,37,38)(H,39,40). The van der Waals surface area contributed by atoms with Gasteiger partial charge in [-0.1, -0.05) is 98.8 Å². The van der Waals surface area contributed by atoms with Gasteiger partial charge >= 0.3 is 11.9 Å². The summed E-state index contributed by atoms with van der Waals surface area (Å²) in [4.78, 5) is 25.6. The molecule has 2 N–H and O–H groups in total. The van der Waals surface area contributed by atoms with Gasteiger partial charge in [0.1, 0.15) is 24.7 Å². The van der Waals surface area contributed by atoms with Gasteiger partial charge in [0.05, 0.1) is 13.1 Å². The summed E-state index contributed by atoms with van der Waals surface area (Å²) in [5.74, 6) is -0.175. The van der Waals surface area contributed by atoms with E-state index in [1.165, 1.54) is 0 Å². The molecular weight excluding hydrogens is 532 g/mol. The van der Waals surface area contributed by atoms with Gasteiger partial charge in [0.15, 0.2) is 0 Å². The van der Waals surface area contributed by atoms with Crippen LogP contribution in [0.25, 0.3) is 24.3 Å². The van der Waals surface area contributed by atoms with Gasteiger partial charge in [0.25, 0.3) is 0 Å². The zero-order valence-corrected chi connectivity index (χ0v) is 24.3. The monoisotopic (exact) mass is 572 g/mol. The molecule has 42 heavy (non-hydrogen) atoms. The minimum atomic E-state index is -0.842. The predicted molar refractivity (Wildman–Crippen MR) is 168 cm³/mol. The van der Waals surface area contributed by atoms with Crippen molar-refractivity contribution < 1.29 is 29.3 Å². The molecule has 8 nitrogen and oxygen atoms in total. The van der Waals surface area contributed by atoms with Crippen molar-refractivity contribution in [1.29, 1.82) is 0 Å². The molecule has 0 aliphatic rings. The molecule has 222 valence electrons. The molecular formula is C34H40N2O6. The van der Waals surface area contributed by atoms with E-state index in [2.05, 4.69) is 24.3 Å². The molecule has 0 atom stereocenters. The van der Waals surface area contributed by atoms with E-state index in [1.54, 1.807) is 0 Å². The number of hydrogen-bond donors (Lipinski definition) is 2. The average molecular weight is 573 g/mol. The highest BCUT2D eigenvalue weighted by Gasteiger charge is 2.09. The van der Waals surface area contributed by atoms with Gasteiger partial charge < -0.3 is 19.7 Å². The van der Waals surface area contributed by atoms with Crippen LogP contribution in [0, 0.1) is 0 Å². The largest absolute Gasteiger partial charge is 0.492 e. The maximum Gasteiger partial charge on any atom is 0.317 e. The third-order valence-corrected chi connectivity index (χ3v) is 6.63. The van der Waals surface area contributed by atoms with E-state index >= 15 is 0 Å². The highest BCUT2D eigenvalue weighted by atomic mass is 16.5. The van der Waals surface area contributed by atoms with Gasteiger partial charge in [0.2, 0.25) is 0 Å². The Morgan fingerprint density at radius 3 is 1.36 bits per heavy atom. The lowest BCUT2D eigenvalue weighted by molar-refractivity contribution is -0.139. The predicted octanol–water partition coefficient (Wildman–Crippen LogP) is 5.60.